The van der Waals surface area contributed by atoms with Crippen LogP contribution < -0.4 is 5.32 Å². The predicted octanol–water partition coefficient (Wildman–Crippen LogP) is 4.07. The summed E-state index contributed by atoms with van der Waals surface area (Å²) in [6, 6.07) is 7.72. The molecule has 0 bridgehead atoms. The fourth-order valence-corrected chi connectivity index (χ4v) is 3.43. The lowest BCUT2D eigenvalue weighted by atomic mass is 10.0. The van der Waals surface area contributed by atoms with E-state index < -0.39 is 0 Å². The normalized spacial score (nSPS) is 12.0. The highest BCUT2D eigenvalue weighted by atomic mass is 16.5. The van der Waals surface area contributed by atoms with Crippen LogP contribution in [-0.2, 0) is 7.05 Å². The molecule has 0 saturated heterocycles. The van der Waals surface area contributed by atoms with Gasteiger partial charge in [0.15, 0.2) is 0 Å². The summed E-state index contributed by atoms with van der Waals surface area (Å²) < 4.78 is 7.00. The molecular weight excluding hydrogens is 378 g/mol. The molecule has 0 amide bonds. The van der Waals surface area contributed by atoms with Gasteiger partial charge in [-0.1, -0.05) is 11.2 Å². The van der Waals surface area contributed by atoms with Crippen molar-refractivity contribution in [2.24, 2.45) is 7.05 Å². The van der Waals surface area contributed by atoms with E-state index in [4.69, 9.17) is 9.93 Å². The van der Waals surface area contributed by atoms with Gasteiger partial charge < -0.3 is 9.84 Å². The SMILES string of the molecule is Cc1noc(C)c1-c1cnc(C(=N)c2cnn(C)c2)c(N[C@@H](C)c2ccccn2)c1. The van der Waals surface area contributed by atoms with Gasteiger partial charge in [-0.25, -0.2) is 0 Å². The zero-order valence-corrected chi connectivity index (χ0v) is 17.3. The number of pyridine rings is 2. The molecule has 4 heterocycles. The van der Waals surface area contributed by atoms with Crippen LogP contribution in [0.15, 0.2) is 53.6 Å². The first-order valence-electron chi connectivity index (χ1n) is 9.62. The van der Waals surface area contributed by atoms with Gasteiger partial charge in [0, 0.05) is 42.3 Å². The molecule has 8 nitrogen and oxygen atoms in total. The van der Waals surface area contributed by atoms with Crippen molar-refractivity contribution >= 4 is 11.4 Å². The van der Waals surface area contributed by atoms with E-state index in [0.717, 1.165) is 34.0 Å². The largest absolute Gasteiger partial charge is 0.375 e. The summed E-state index contributed by atoms with van der Waals surface area (Å²) in [5.74, 6) is 0.730. The molecule has 8 heteroatoms. The van der Waals surface area contributed by atoms with E-state index >= 15 is 0 Å². The van der Waals surface area contributed by atoms with Crippen LogP contribution >= 0.6 is 0 Å². The molecule has 0 aliphatic carbocycles. The molecular formula is C22H23N7O. The van der Waals surface area contributed by atoms with Crippen LogP contribution in [0.5, 0.6) is 0 Å². The molecule has 4 aromatic rings. The van der Waals surface area contributed by atoms with E-state index in [2.05, 4.69) is 25.5 Å². The number of rotatable bonds is 6. The molecule has 4 aromatic heterocycles. The first-order chi connectivity index (χ1) is 14.4. The van der Waals surface area contributed by atoms with Crippen molar-refractivity contribution in [3.05, 3.63) is 77.5 Å². The summed E-state index contributed by atoms with van der Waals surface area (Å²) >= 11 is 0. The number of aromatic nitrogens is 5. The second-order valence-electron chi connectivity index (χ2n) is 7.22. The van der Waals surface area contributed by atoms with E-state index in [1.165, 1.54) is 0 Å². The summed E-state index contributed by atoms with van der Waals surface area (Å²) in [6.45, 7) is 5.81. The Morgan fingerprint density at radius 1 is 1.20 bits per heavy atom. The van der Waals surface area contributed by atoms with E-state index in [0.29, 0.717) is 17.0 Å². The zero-order valence-electron chi connectivity index (χ0n) is 17.3. The highest BCUT2D eigenvalue weighted by Crippen LogP contribution is 2.31. The van der Waals surface area contributed by atoms with Gasteiger partial charge in [0.2, 0.25) is 0 Å². The lowest BCUT2D eigenvalue weighted by Crippen LogP contribution is -2.14. The average molecular weight is 401 g/mol. The second kappa shape index (κ2) is 7.90. The van der Waals surface area contributed by atoms with Gasteiger partial charge in [0.25, 0.3) is 0 Å². The van der Waals surface area contributed by atoms with Crippen LogP contribution in [0.1, 0.15) is 41.4 Å². The molecule has 0 saturated carbocycles. The average Bonchev–Trinajstić information content (AvgIpc) is 3.33. The van der Waals surface area contributed by atoms with Gasteiger partial charge in [-0.15, -0.1) is 0 Å². The maximum absolute atomic E-state index is 8.70. The summed E-state index contributed by atoms with van der Waals surface area (Å²) in [6.07, 6.45) is 6.99. The number of hydrogen-bond acceptors (Lipinski definition) is 7. The van der Waals surface area contributed by atoms with E-state index in [-0.39, 0.29) is 6.04 Å². The summed E-state index contributed by atoms with van der Waals surface area (Å²) in [7, 11) is 1.83. The van der Waals surface area contributed by atoms with E-state index in [1.54, 1.807) is 29.5 Å². The van der Waals surface area contributed by atoms with Crippen LogP contribution in [0.4, 0.5) is 5.69 Å². The fourth-order valence-electron chi connectivity index (χ4n) is 3.43. The lowest BCUT2D eigenvalue weighted by Gasteiger charge is -2.18. The van der Waals surface area contributed by atoms with Gasteiger partial charge >= 0.3 is 0 Å². The van der Waals surface area contributed by atoms with Crippen molar-refractivity contribution in [2.45, 2.75) is 26.8 Å². The standard InChI is InChI=1S/C22H23N7O/c1-13(18-7-5-6-8-24-18)27-19-9-16(20-14(2)28-30-15(20)3)10-25-22(19)21(23)17-11-26-29(4)12-17/h5-13,23,27H,1-4H3/t13-/m0/s1. The molecule has 152 valence electrons. The Balaban J connectivity index is 1.78. The minimum Gasteiger partial charge on any atom is -0.375 e. The second-order valence-corrected chi connectivity index (χ2v) is 7.22. The van der Waals surface area contributed by atoms with Crippen LogP contribution in [0.2, 0.25) is 0 Å². The molecule has 1 atom stereocenters. The fraction of sp³-hybridized carbons (Fsp3) is 0.227. The van der Waals surface area contributed by atoms with Crippen molar-refractivity contribution in [1.82, 2.24) is 24.9 Å². The van der Waals surface area contributed by atoms with Crippen molar-refractivity contribution in [1.29, 1.82) is 5.41 Å². The molecule has 0 unspecified atom stereocenters. The molecule has 0 spiro atoms. The minimum absolute atomic E-state index is 0.0756. The maximum atomic E-state index is 8.70. The Morgan fingerprint density at radius 3 is 2.67 bits per heavy atom. The molecule has 0 aliphatic heterocycles. The topological polar surface area (TPSA) is 106 Å². The molecule has 2 N–H and O–H groups in total. The van der Waals surface area contributed by atoms with Gasteiger partial charge in [0.1, 0.15) is 11.5 Å². The summed E-state index contributed by atoms with van der Waals surface area (Å²) in [5, 5.41) is 20.4. The first-order valence-corrected chi connectivity index (χ1v) is 9.62. The Bertz CT molecular complexity index is 1170. The quantitative estimate of drug-likeness (QED) is 0.472. The number of aryl methyl sites for hydroxylation is 3. The third kappa shape index (κ3) is 3.71. The minimum atomic E-state index is -0.0756. The first kappa shape index (κ1) is 19.5. The van der Waals surface area contributed by atoms with Gasteiger partial charge in [0.05, 0.1) is 35.0 Å². The summed E-state index contributed by atoms with van der Waals surface area (Å²) in [4.78, 5) is 9.07. The van der Waals surface area contributed by atoms with Crippen molar-refractivity contribution < 1.29 is 4.52 Å². The van der Waals surface area contributed by atoms with Crippen LogP contribution in [-0.4, -0.2) is 30.6 Å². The van der Waals surface area contributed by atoms with Crippen LogP contribution in [0, 0.1) is 19.3 Å². The number of nitrogens with one attached hydrogen (secondary N) is 2. The van der Waals surface area contributed by atoms with Crippen molar-refractivity contribution in [3.63, 3.8) is 0 Å². The molecule has 4 rings (SSSR count). The third-order valence-corrected chi connectivity index (χ3v) is 4.94. The Labute approximate surface area is 174 Å². The molecule has 0 aromatic carbocycles. The zero-order chi connectivity index (χ0) is 21.3. The number of anilines is 1. The Kier molecular flexibility index (Phi) is 5.14. The summed E-state index contributed by atoms with van der Waals surface area (Å²) in [5.41, 5.74) is 5.76. The smallest absolute Gasteiger partial charge is 0.141 e. The number of nitrogens with zero attached hydrogens (tertiary/aromatic N) is 5. The van der Waals surface area contributed by atoms with E-state index in [1.807, 2.05) is 52.1 Å². The predicted molar refractivity (Wildman–Crippen MR) is 115 cm³/mol. The van der Waals surface area contributed by atoms with Gasteiger partial charge in [-0.05, 0) is 39.0 Å². The van der Waals surface area contributed by atoms with Gasteiger partial charge in [-0.2, -0.15) is 5.10 Å². The Hall–Kier alpha value is -3.81. The monoisotopic (exact) mass is 401 g/mol. The molecule has 30 heavy (non-hydrogen) atoms. The molecule has 0 fully saturated rings. The maximum Gasteiger partial charge on any atom is 0.141 e. The molecule has 0 aliphatic rings. The third-order valence-electron chi connectivity index (χ3n) is 4.94. The lowest BCUT2D eigenvalue weighted by molar-refractivity contribution is 0.393. The Morgan fingerprint density at radius 2 is 2.03 bits per heavy atom. The van der Waals surface area contributed by atoms with Crippen LogP contribution in [0.3, 0.4) is 0 Å². The number of hydrogen-bond donors (Lipinski definition) is 2. The van der Waals surface area contributed by atoms with E-state index in [9.17, 15) is 0 Å². The van der Waals surface area contributed by atoms with Crippen molar-refractivity contribution in [3.8, 4) is 11.1 Å². The van der Waals surface area contributed by atoms with Crippen LogP contribution in [0.25, 0.3) is 11.1 Å². The highest BCUT2D eigenvalue weighted by molar-refractivity contribution is 6.12. The highest BCUT2D eigenvalue weighted by Gasteiger charge is 2.19. The van der Waals surface area contributed by atoms with Crippen molar-refractivity contribution in [2.75, 3.05) is 5.32 Å². The van der Waals surface area contributed by atoms with Gasteiger partial charge in [-0.3, -0.25) is 20.1 Å². The molecule has 0 radical (unpaired) electrons.